The molecule has 0 radical (unpaired) electrons. The normalized spacial score (nSPS) is 20.6. The number of nitrogens with zero attached hydrogens (tertiary/aromatic N) is 5. The summed E-state index contributed by atoms with van der Waals surface area (Å²) in [5.74, 6) is 1.15. The summed E-state index contributed by atoms with van der Waals surface area (Å²) in [6, 6.07) is 12.4. The lowest BCUT2D eigenvalue weighted by atomic mass is 10.1. The highest BCUT2D eigenvalue weighted by atomic mass is 16.2. The average molecular weight is 481 g/mol. The Morgan fingerprint density at radius 3 is 2.72 bits per heavy atom. The van der Waals surface area contributed by atoms with Gasteiger partial charge in [0.25, 0.3) is 5.91 Å². The van der Waals surface area contributed by atoms with E-state index in [9.17, 15) is 9.59 Å². The van der Waals surface area contributed by atoms with Gasteiger partial charge in [0.1, 0.15) is 34.7 Å². The van der Waals surface area contributed by atoms with Gasteiger partial charge in [-0.2, -0.15) is 0 Å². The molecule has 2 aliphatic heterocycles. The standard InChI is InChI=1S/C26H24N8O2/c1-2-20(35)34-17-13-18(30-14-17)22(34)25-32-21(23-24(27)29-11-12-33(23)25)15-6-8-16(9-7-15)26(36)31-19-5-3-4-10-28-19/h2-12,17-18,22,30H,1,13-14H2,(H2,27,29)(H,28,31,36)/t17?,18-,22?/m0/s1. The van der Waals surface area contributed by atoms with E-state index in [4.69, 9.17) is 10.7 Å². The van der Waals surface area contributed by atoms with Crippen molar-refractivity contribution in [1.29, 1.82) is 0 Å². The van der Waals surface area contributed by atoms with Crippen LogP contribution in [0.1, 0.15) is 28.6 Å². The number of amides is 2. The minimum Gasteiger partial charge on any atom is -0.382 e. The summed E-state index contributed by atoms with van der Waals surface area (Å²) in [5, 5.41) is 6.29. The van der Waals surface area contributed by atoms with Crippen LogP contribution in [0.4, 0.5) is 11.6 Å². The summed E-state index contributed by atoms with van der Waals surface area (Å²) in [6.45, 7) is 4.44. The Bertz CT molecular complexity index is 1480. The molecule has 2 fully saturated rings. The molecule has 1 aromatic carbocycles. The molecule has 0 spiro atoms. The Morgan fingerprint density at radius 2 is 1.97 bits per heavy atom. The Hall–Kier alpha value is -4.57. The van der Waals surface area contributed by atoms with Crippen molar-refractivity contribution < 1.29 is 9.59 Å². The van der Waals surface area contributed by atoms with Crippen LogP contribution in [0, 0.1) is 0 Å². The Kier molecular flexibility index (Phi) is 5.23. The lowest BCUT2D eigenvalue weighted by Gasteiger charge is -2.34. The maximum absolute atomic E-state index is 12.8. The number of nitrogen functional groups attached to an aromatic ring is 1. The zero-order valence-electron chi connectivity index (χ0n) is 19.3. The zero-order chi connectivity index (χ0) is 24.8. The minimum atomic E-state index is -0.263. The van der Waals surface area contributed by atoms with E-state index in [0.29, 0.717) is 34.2 Å². The molecule has 2 aliphatic rings. The lowest BCUT2D eigenvalue weighted by Crippen LogP contribution is -2.48. The van der Waals surface area contributed by atoms with Gasteiger partial charge < -0.3 is 21.3 Å². The molecule has 2 amide bonds. The van der Waals surface area contributed by atoms with Crippen molar-refractivity contribution in [2.45, 2.75) is 24.5 Å². The molecule has 4 aromatic rings. The van der Waals surface area contributed by atoms with E-state index < -0.39 is 0 Å². The maximum Gasteiger partial charge on any atom is 0.256 e. The van der Waals surface area contributed by atoms with Gasteiger partial charge in [0, 0.05) is 48.3 Å². The van der Waals surface area contributed by atoms with Crippen molar-refractivity contribution in [3.05, 3.63) is 85.1 Å². The van der Waals surface area contributed by atoms with Crippen molar-refractivity contribution in [2.75, 3.05) is 17.6 Å². The Labute approximate surface area is 206 Å². The van der Waals surface area contributed by atoms with Crippen molar-refractivity contribution in [2.24, 2.45) is 0 Å². The highest BCUT2D eigenvalue weighted by molar-refractivity contribution is 6.04. The van der Waals surface area contributed by atoms with Gasteiger partial charge in [0.15, 0.2) is 0 Å². The van der Waals surface area contributed by atoms with Crippen LogP contribution in [0.15, 0.2) is 73.7 Å². The first-order chi connectivity index (χ1) is 17.5. The first kappa shape index (κ1) is 21.9. The molecule has 5 heterocycles. The lowest BCUT2D eigenvalue weighted by molar-refractivity contribution is -0.130. The number of benzene rings is 1. The summed E-state index contributed by atoms with van der Waals surface area (Å²) in [5.41, 5.74) is 8.88. The number of aromatic nitrogens is 4. The molecule has 10 heteroatoms. The molecular weight excluding hydrogens is 456 g/mol. The van der Waals surface area contributed by atoms with Crippen LogP contribution in [0.25, 0.3) is 16.8 Å². The third-order valence-electron chi connectivity index (χ3n) is 6.85. The fourth-order valence-electron chi connectivity index (χ4n) is 5.25. The number of nitrogens with one attached hydrogen (secondary N) is 2. The van der Waals surface area contributed by atoms with Gasteiger partial charge in [-0.15, -0.1) is 0 Å². The number of likely N-dealkylation sites (tertiary alicyclic amines) is 1. The van der Waals surface area contributed by atoms with Gasteiger partial charge in [-0.25, -0.2) is 15.0 Å². The molecule has 3 aromatic heterocycles. The van der Waals surface area contributed by atoms with Crippen LogP contribution in [0.2, 0.25) is 0 Å². The van der Waals surface area contributed by atoms with Gasteiger partial charge in [0.2, 0.25) is 5.91 Å². The zero-order valence-corrected chi connectivity index (χ0v) is 19.3. The van der Waals surface area contributed by atoms with Crippen molar-refractivity contribution in [3.8, 4) is 11.3 Å². The summed E-state index contributed by atoms with van der Waals surface area (Å²) in [4.78, 5) is 40.7. The summed E-state index contributed by atoms with van der Waals surface area (Å²) in [6.07, 6.45) is 7.27. The Balaban J connectivity index is 1.39. The van der Waals surface area contributed by atoms with Crippen LogP contribution in [0.3, 0.4) is 0 Å². The average Bonchev–Trinajstić information content (AvgIpc) is 3.63. The molecule has 2 bridgehead atoms. The van der Waals surface area contributed by atoms with Gasteiger partial charge in [-0.05, 0) is 36.8 Å². The number of hydrogen-bond acceptors (Lipinski definition) is 7. The number of hydrogen-bond donors (Lipinski definition) is 3. The third kappa shape index (κ3) is 3.50. The van der Waals surface area contributed by atoms with E-state index in [1.807, 2.05) is 27.6 Å². The fourth-order valence-corrected chi connectivity index (χ4v) is 5.25. The number of piperazine rings is 1. The van der Waals surface area contributed by atoms with Crippen molar-refractivity contribution >= 4 is 29.0 Å². The molecule has 2 unspecified atom stereocenters. The van der Waals surface area contributed by atoms with Crippen LogP contribution in [-0.2, 0) is 4.79 Å². The van der Waals surface area contributed by atoms with Gasteiger partial charge >= 0.3 is 0 Å². The molecule has 10 nitrogen and oxygen atoms in total. The van der Waals surface area contributed by atoms with Gasteiger partial charge in [-0.3, -0.25) is 14.0 Å². The smallest absolute Gasteiger partial charge is 0.256 e. The van der Waals surface area contributed by atoms with E-state index in [1.165, 1.54) is 6.08 Å². The second kappa shape index (κ2) is 8.58. The van der Waals surface area contributed by atoms with Crippen LogP contribution in [0.5, 0.6) is 0 Å². The Morgan fingerprint density at radius 1 is 1.14 bits per heavy atom. The number of fused-ring (bicyclic) bond motifs is 3. The topological polar surface area (TPSA) is 131 Å². The molecule has 4 N–H and O–H groups in total. The van der Waals surface area contributed by atoms with E-state index in [-0.39, 0.29) is 29.9 Å². The largest absolute Gasteiger partial charge is 0.382 e. The molecule has 3 atom stereocenters. The number of rotatable bonds is 5. The first-order valence-electron chi connectivity index (χ1n) is 11.7. The number of pyridine rings is 1. The van der Waals surface area contributed by atoms with E-state index >= 15 is 0 Å². The van der Waals surface area contributed by atoms with Crippen molar-refractivity contribution in [3.63, 3.8) is 0 Å². The molecule has 0 aliphatic carbocycles. The molecule has 0 saturated carbocycles. The van der Waals surface area contributed by atoms with E-state index in [0.717, 1.165) is 18.5 Å². The highest BCUT2D eigenvalue weighted by Crippen LogP contribution is 2.41. The summed E-state index contributed by atoms with van der Waals surface area (Å²) < 4.78 is 1.91. The van der Waals surface area contributed by atoms with Crippen LogP contribution >= 0.6 is 0 Å². The molecule has 180 valence electrons. The molecule has 36 heavy (non-hydrogen) atoms. The quantitative estimate of drug-likeness (QED) is 0.374. The van der Waals surface area contributed by atoms with Gasteiger partial charge in [-0.1, -0.05) is 24.8 Å². The highest BCUT2D eigenvalue weighted by Gasteiger charge is 2.50. The summed E-state index contributed by atoms with van der Waals surface area (Å²) in [7, 11) is 0. The van der Waals surface area contributed by atoms with E-state index in [1.54, 1.807) is 42.7 Å². The summed E-state index contributed by atoms with van der Waals surface area (Å²) >= 11 is 0. The number of carbonyl (C=O) groups is 2. The monoisotopic (exact) mass is 480 g/mol. The number of nitrogens with two attached hydrogens (primary N) is 1. The number of anilines is 2. The third-order valence-corrected chi connectivity index (χ3v) is 6.85. The molecule has 6 rings (SSSR count). The predicted molar refractivity (Wildman–Crippen MR) is 135 cm³/mol. The van der Waals surface area contributed by atoms with Crippen LogP contribution < -0.4 is 16.4 Å². The second-order valence-electron chi connectivity index (χ2n) is 8.89. The fraction of sp³-hybridized carbons (Fsp3) is 0.192. The SMILES string of the molecule is C=CC(=O)N1C2CN[C@@H](C2)C1c1nc(-c2ccc(C(=O)Nc3ccccn3)cc2)c2c(N)nccn12. The predicted octanol–water partition coefficient (Wildman–Crippen LogP) is 2.43. The van der Waals surface area contributed by atoms with Gasteiger partial charge in [0.05, 0.1) is 0 Å². The maximum atomic E-state index is 12.8. The van der Waals surface area contributed by atoms with Crippen molar-refractivity contribution in [1.82, 2.24) is 29.6 Å². The minimum absolute atomic E-state index is 0.0874. The number of imidazole rings is 1. The van der Waals surface area contributed by atoms with E-state index in [2.05, 4.69) is 27.2 Å². The molecule has 2 saturated heterocycles. The first-order valence-corrected chi connectivity index (χ1v) is 11.7. The second-order valence-corrected chi connectivity index (χ2v) is 8.89. The van der Waals surface area contributed by atoms with Crippen LogP contribution in [-0.4, -0.2) is 54.7 Å². The number of carbonyl (C=O) groups excluding carboxylic acids is 2. The molecular formula is C26H24N8O2.